The lowest BCUT2D eigenvalue weighted by molar-refractivity contribution is -0.139. The third kappa shape index (κ3) is 2.85. The van der Waals surface area contributed by atoms with E-state index >= 15 is 0 Å². The van der Waals surface area contributed by atoms with Crippen LogP contribution >= 0.6 is 0 Å². The van der Waals surface area contributed by atoms with E-state index in [0.29, 0.717) is 6.20 Å². The maximum Gasteiger partial charge on any atom is 0.417 e. The average molecular weight is 234 g/mol. The minimum Gasteiger partial charge on any atom is -0.469 e. The third-order valence-corrected chi connectivity index (χ3v) is 1.87. The molecule has 0 saturated carbocycles. The quantitative estimate of drug-likeness (QED) is 0.785. The molecular weight excluding hydrogens is 225 g/mol. The molecule has 88 valence electrons. The number of nitrogens with two attached hydrogens (primary N) is 1. The van der Waals surface area contributed by atoms with Crippen molar-refractivity contribution in [3.05, 3.63) is 23.5 Å². The van der Waals surface area contributed by atoms with Crippen LogP contribution in [0.25, 0.3) is 0 Å². The van der Waals surface area contributed by atoms with E-state index in [0.717, 1.165) is 6.07 Å². The second-order valence-corrected chi connectivity index (χ2v) is 3.01. The van der Waals surface area contributed by atoms with E-state index in [1.807, 2.05) is 0 Å². The summed E-state index contributed by atoms with van der Waals surface area (Å²) in [5.74, 6) is -0.612. The predicted octanol–water partition coefficient (Wildman–Crippen LogP) is 1.40. The minimum absolute atomic E-state index is 0.0693. The number of carbonyl (C=O) groups excluding carboxylic acids is 1. The maximum absolute atomic E-state index is 12.2. The third-order valence-electron chi connectivity index (χ3n) is 1.87. The SMILES string of the molecule is COC(=O)Cc1ncc(C(F)(F)F)cc1N. The summed E-state index contributed by atoms with van der Waals surface area (Å²) in [4.78, 5) is 14.4. The van der Waals surface area contributed by atoms with Crippen LogP contribution in [0.5, 0.6) is 0 Å². The molecule has 2 N–H and O–H groups in total. The van der Waals surface area contributed by atoms with Gasteiger partial charge in [-0.1, -0.05) is 0 Å². The van der Waals surface area contributed by atoms with Gasteiger partial charge in [-0.25, -0.2) is 0 Å². The molecule has 1 heterocycles. The summed E-state index contributed by atoms with van der Waals surface area (Å²) in [6.07, 6.45) is -4.11. The molecule has 16 heavy (non-hydrogen) atoms. The van der Waals surface area contributed by atoms with Crippen LogP contribution in [0.3, 0.4) is 0 Å². The number of hydrogen-bond donors (Lipinski definition) is 1. The number of carbonyl (C=O) groups is 1. The summed E-state index contributed by atoms with van der Waals surface area (Å²) < 4.78 is 41.1. The monoisotopic (exact) mass is 234 g/mol. The van der Waals surface area contributed by atoms with Crippen LogP contribution in [-0.4, -0.2) is 18.1 Å². The lowest BCUT2D eigenvalue weighted by Crippen LogP contribution is -2.12. The Labute approximate surface area is 89.2 Å². The van der Waals surface area contributed by atoms with E-state index in [9.17, 15) is 18.0 Å². The van der Waals surface area contributed by atoms with Gasteiger partial charge in [-0.2, -0.15) is 13.2 Å². The number of pyridine rings is 1. The van der Waals surface area contributed by atoms with Crippen molar-refractivity contribution in [2.75, 3.05) is 12.8 Å². The fraction of sp³-hybridized carbons (Fsp3) is 0.333. The lowest BCUT2D eigenvalue weighted by atomic mass is 10.2. The average Bonchev–Trinajstić information content (AvgIpc) is 2.19. The number of aromatic nitrogens is 1. The Balaban J connectivity index is 2.96. The molecule has 0 fully saturated rings. The fourth-order valence-electron chi connectivity index (χ4n) is 1.02. The first-order chi connectivity index (χ1) is 7.34. The summed E-state index contributed by atoms with van der Waals surface area (Å²) >= 11 is 0. The molecule has 0 saturated heterocycles. The van der Waals surface area contributed by atoms with Gasteiger partial charge in [-0.15, -0.1) is 0 Å². The number of anilines is 1. The van der Waals surface area contributed by atoms with Gasteiger partial charge in [-0.05, 0) is 6.07 Å². The van der Waals surface area contributed by atoms with E-state index < -0.39 is 17.7 Å². The number of nitrogen functional groups attached to an aromatic ring is 1. The minimum atomic E-state index is -4.50. The van der Waals surface area contributed by atoms with Crippen molar-refractivity contribution < 1.29 is 22.7 Å². The number of alkyl halides is 3. The summed E-state index contributed by atoms with van der Waals surface area (Å²) in [5.41, 5.74) is 4.29. The topological polar surface area (TPSA) is 65.2 Å². The fourth-order valence-corrected chi connectivity index (χ4v) is 1.02. The second-order valence-electron chi connectivity index (χ2n) is 3.01. The Morgan fingerprint density at radius 2 is 2.19 bits per heavy atom. The van der Waals surface area contributed by atoms with Gasteiger partial charge in [0.25, 0.3) is 0 Å². The van der Waals surface area contributed by atoms with Gasteiger partial charge >= 0.3 is 12.1 Å². The standard InChI is InChI=1S/C9H9F3N2O2/c1-16-8(15)3-7-6(13)2-5(4-14-7)9(10,11)12/h2,4H,3,13H2,1H3. The van der Waals surface area contributed by atoms with Gasteiger partial charge in [0.15, 0.2) is 0 Å². The first-order valence-electron chi connectivity index (χ1n) is 4.23. The highest BCUT2D eigenvalue weighted by Crippen LogP contribution is 2.30. The van der Waals surface area contributed by atoms with Crippen molar-refractivity contribution in [3.63, 3.8) is 0 Å². The number of hydrogen-bond acceptors (Lipinski definition) is 4. The molecule has 0 aliphatic carbocycles. The van der Waals surface area contributed by atoms with Crippen molar-refractivity contribution in [1.82, 2.24) is 4.98 Å². The van der Waals surface area contributed by atoms with Gasteiger partial charge in [0.2, 0.25) is 0 Å². The van der Waals surface area contributed by atoms with E-state index in [1.165, 1.54) is 7.11 Å². The number of ether oxygens (including phenoxy) is 1. The summed E-state index contributed by atoms with van der Waals surface area (Å²) in [5, 5.41) is 0. The number of esters is 1. The Morgan fingerprint density at radius 1 is 1.56 bits per heavy atom. The Morgan fingerprint density at radius 3 is 2.62 bits per heavy atom. The Kier molecular flexibility index (Phi) is 3.36. The van der Waals surface area contributed by atoms with Crippen molar-refractivity contribution in [1.29, 1.82) is 0 Å². The molecule has 1 aromatic rings. The highest BCUT2D eigenvalue weighted by molar-refractivity contribution is 5.73. The molecule has 0 aromatic carbocycles. The maximum atomic E-state index is 12.2. The summed E-state index contributed by atoms with van der Waals surface area (Å²) in [6, 6.07) is 0.741. The van der Waals surface area contributed by atoms with Gasteiger partial charge in [-0.3, -0.25) is 9.78 Å². The Bertz CT molecular complexity index is 404. The highest BCUT2D eigenvalue weighted by atomic mass is 19.4. The van der Waals surface area contributed by atoms with Gasteiger partial charge in [0.1, 0.15) is 0 Å². The summed E-state index contributed by atoms with van der Waals surface area (Å²) in [7, 11) is 1.17. The molecule has 0 aliphatic heterocycles. The molecule has 1 aromatic heterocycles. The van der Waals surface area contributed by atoms with E-state index in [2.05, 4.69) is 9.72 Å². The van der Waals surface area contributed by atoms with Gasteiger partial charge in [0, 0.05) is 6.20 Å². The van der Waals surface area contributed by atoms with Crippen molar-refractivity contribution in [2.24, 2.45) is 0 Å². The van der Waals surface area contributed by atoms with E-state index in [-0.39, 0.29) is 17.8 Å². The van der Waals surface area contributed by atoms with E-state index in [4.69, 9.17) is 5.73 Å². The lowest BCUT2D eigenvalue weighted by Gasteiger charge is -2.09. The van der Waals surface area contributed by atoms with Gasteiger partial charge in [0.05, 0.1) is 30.5 Å². The molecule has 0 unspecified atom stereocenters. The molecule has 0 radical (unpaired) electrons. The number of nitrogens with zero attached hydrogens (tertiary/aromatic N) is 1. The van der Waals surface area contributed by atoms with Crippen LogP contribution in [-0.2, 0) is 22.1 Å². The largest absolute Gasteiger partial charge is 0.469 e. The zero-order valence-corrected chi connectivity index (χ0v) is 8.34. The Hall–Kier alpha value is -1.79. The molecule has 4 nitrogen and oxygen atoms in total. The van der Waals surface area contributed by atoms with E-state index in [1.54, 1.807) is 0 Å². The predicted molar refractivity (Wildman–Crippen MR) is 49.4 cm³/mol. The molecule has 0 spiro atoms. The van der Waals surface area contributed by atoms with Crippen LogP contribution in [0.15, 0.2) is 12.3 Å². The van der Waals surface area contributed by atoms with Crippen LogP contribution in [0.1, 0.15) is 11.3 Å². The van der Waals surface area contributed by atoms with Crippen LogP contribution < -0.4 is 5.73 Å². The van der Waals surface area contributed by atoms with Crippen LogP contribution in [0.4, 0.5) is 18.9 Å². The first-order valence-corrected chi connectivity index (χ1v) is 4.23. The van der Waals surface area contributed by atoms with Crippen LogP contribution in [0, 0.1) is 0 Å². The molecule has 0 atom stereocenters. The molecule has 7 heteroatoms. The summed E-state index contributed by atoms with van der Waals surface area (Å²) in [6.45, 7) is 0. The molecule has 0 amide bonds. The zero-order valence-electron chi connectivity index (χ0n) is 8.34. The first kappa shape index (κ1) is 12.3. The highest BCUT2D eigenvalue weighted by Gasteiger charge is 2.31. The normalized spacial score (nSPS) is 11.2. The zero-order chi connectivity index (χ0) is 12.3. The molecule has 0 aliphatic rings. The smallest absolute Gasteiger partial charge is 0.417 e. The van der Waals surface area contributed by atoms with Crippen molar-refractivity contribution in [3.8, 4) is 0 Å². The molecule has 1 rings (SSSR count). The number of methoxy groups -OCH3 is 1. The number of rotatable bonds is 2. The van der Waals surface area contributed by atoms with Gasteiger partial charge < -0.3 is 10.5 Å². The van der Waals surface area contributed by atoms with Crippen molar-refractivity contribution >= 4 is 11.7 Å². The molecule has 0 bridgehead atoms. The van der Waals surface area contributed by atoms with Crippen LogP contribution in [0.2, 0.25) is 0 Å². The second kappa shape index (κ2) is 4.38. The number of halogens is 3. The van der Waals surface area contributed by atoms with Crippen molar-refractivity contribution in [2.45, 2.75) is 12.6 Å². The molecular formula is C9H9F3N2O2.